The normalized spacial score (nSPS) is 15.0. The van der Waals surface area contributed by atoms with Crippen LogP contribution in [0.15, 0.2) is 54.6 Å². The van der Waals surface area contributed by atoms with Crippen LogP contribution in [-0.2, 0) is 23.8 Å². The van der Waals surface area contributed by atoms with Gasteiger partial charge in [0.25, 0.3) is 0 Å². The predicted octanol–water partition coefficient (Wildman–Crippen LogP) is 6.33. The maximum absolute atomic E-state index is 13.5. The molecular weight excluding hydrogens is 457 g/mol. The lowest BCUT2D eigenvalue weighted by Gasteiger charge is -2.16. The van der Waals surface area contributed by atoms with Gasteiger partial charge in [-0.15, -0.1) is 0 Å². The molecule has 35 heavy (non-hydrogen) atoms. The minimum absolute atomic E-state index is 0.00975. The van der Waals surface area contributed by atoms with Crippen molar-refractivity contribution in [1.82, 2.24) is 4.98 Å². The van der Waals surface area contributed by atoms with Crippen LogP contribution in [0.5, 0.6) is 5.75 Å². The van der Waals surface area contributed by atoms with Crippen LogP contribution in [-0.4, -0.2) is 29.2 Å². The molecule has 0 saturated heterocycles. The average molecular weight is 485 g/mol. The SMILES string of the molecule is CCc1ccc(-c2ccc(C(F)(F)F)c(NCCOc3ccc4c(c3)CC[C@H]4CC(=O)O)n2)cc1. The number of carboxylic acids is 1. The molecule has 1 aliphatic carbocycles. The summed E-state index contributed by atoms with van der Waals surface area (Å²) in [6, 6.07) is 15.6. The second kappa shape index (κ2) is 10.4. The zero-order valence-corrected chi connectivity index (χ0v) is 19.4. The molecule has 0 spiro atoms. The number of rotatable bonds is 9. The Morgan fingerprint density at radius 1 is 1.14 bits per heavy atom. The fourth-order valence-electron chi connectivity index (χ4n) is 4.43. The molecule has 0 radical (unpaired) electrons. The molecule has 8 heteroatoms. The van der Waals surface area contributed by atoms with E-state index in [1.54, 1.807) is 6.07 Å². The number of carbonyl (C=O) groups is 1. The summed E-state index contributed by atoms with van der Waals surface area (Å²) in [6.45, 7) is 2.31. The summed E-state index contributed by atoms with van der Waals surface area (Å²) >= 11 is 0. The zero-order valence-electron chi connectivity index (χ0n) is 19.4. The number of halogens is 3. The number of carboxylic acid groups (broad SMARTS) is 1. The number of fused-ring (bicyclic) bond motifs is 1. The van der Waals surface area contributed by atoms with E-state index >= 15 is 0 Å². The molecule has 184 valence electrons. The van der Waals surface area contributed by atoms with Gasteiger partial charge in [-0.25, -0.2) is 4.98 Å². The number of nitrogens with one attached hydrogen (secondary N) is 1. The third-order valence-electron chi connectivity index (χ3n) is 6.26. The third kappa shape index (κ3) is 5.93. The summed E-state index contributed by atoms with van der Waals surface area (Å²) in [4.78, 5) is 15.3. The molecule has 2 N–H and O–H groups in total. The zero-order chi connectivity index (χ0) is 25.0. The molecule has 1 heterocycles. The summed E-state index contributed by atoms with van der Waals surface area (Å²) < 4.78 is 46.4. The number of pyridine rings is 1. The Morgan fingerprint density at radius 3 is 2.60 bits per heavy atom. The van der Waals surface area contributed by atoms with Crippen molar-refractivity contribution in [2.24, 2.45) is 0 Å². The number of aliphatic carboxylic acids is 1. The first-order valence-electron chi connectivity index (χ1n) is 11.6. The van der Waals surface area contributed by atoms with E-state index in [1.807, 2.05) is 43.3 Å². The van der Waals surface area contributed by atoms with Crippen LogP contribution >= 0.6 is 0 Å². The molecule has 3 aromatic rings. The fraction of sp³-hybridized carbons (Fsp3) is 0.333. The number of aryl methyl sites for hydroxylation is 2. The maximum Gasteiger partial charge on any atom is 0.419 e. The summed E-state index contributed by atoms with van der Waals surface area (Å²) in [5.41, 5.74) is 3.60. The number of anilines is 1. The van der Waals surface area contributed by atoms with Crippen molar-refractivity contribution in [3.8, 4) is 17.0 Å². The number of hydrogen-bond acceptors (Lipinski definition) is 4. The topological polar surface area (TPSA) is 71.5 Å². The molecular formula is C27H27F3N2O3. The molecule has 0 fully saturated rings. The van der Waals surface area contributed by atoms with Crippen molar-refractivity contribution in [2.75, 3.05) is 18.5 Å². The van der Waals surface area contributed by atoms with Crippen molar-refractivity contribution in [2.45, 2.75) is 44.7 Å². The van der Waals surface area contributed by atoms with Crippen LogP contribution in [0.1, 0.15) is 47.9 Å². The average Bonchev–Trinajstić information content (AvgIpc) is 3.22. The van der Waals surface area contributed by atoms with Crippen LogP contribution in [0.2, 0.25) is 0 Å². The largest absolute Gasteiger partial charge is 0.492 e. The quantitative estimate of drug-likeness (QED) is 0.348. The van der Waals surface area contributed by atoms with Gasteiger partial charge in [-0.05, 0) is 66.1 Å². The van der Waals surface area contributed by atoms with Gasteiger partial charge in [-0.2, -0.15) is 13.2 Å². The lowest BCUT2D eigenvalue weighted by atomic mass is 9.98. The first-order valence-corrected chi connectivity index (χ1v) is 11.6. The third-order valence-corrected chi connectivity index (χ3v) is 6.26. The van der Waals surface area contributed by atoms with Crippen molar-refractivity contribution in [3.63, 3.8) is 0 Å². The second-order valence-corrected chi connectivity index (χ2v) is 8.61. The lowest BCUT2D eigenvalue weighted by molar-refractivity contribution is -0.138. The summed E-state index contributed by atoms with van der Waals surface area (Å²) in [5, 5.41) is 11.8. The fourth-order valence-corrected chi connectivity index (χ4v) is 4.43. The summed E-state index contributed by atoms with van der Waals surface area (Å²) in [7, 11) is 0. The highest BCUT2D eigenvalue weighted by atomic mass is 19.4. The molecule has 1 aromatic heterocycles. The van der Waals surface area contributed by atoms with Crippen LogP contribution < -0.4 is 10.1 Å². The van der Waals surface area contributed by atoms with Gasteiger partial charge in [0.05, 0.1) is 24.2 Å². The second-order valence-electron chi connectivity index (χ2n) is 8.61. The van der Waals surface area contributed by atoms with Crippen molar-refractivity contribution < 1.29 is 27.8 Å². The van der Waals surface area contributed by atoms with Crippen LogP contribution in [0.25, 0.3) is 11.3 Å². The van der Waals surface area contributed by atoms with Gasteiger partial charge in [0.15, 0.2) is 0 Å². The molecule has 0 aliphatic heterocycles. The minimum Gasteiger partial charge on any atom is -0.492 e. The van der Waals surface area contributed by atoms with E-state index in [0.717, 1.165) is 47.6 Å². The summed E-state index contributed by atoms with van der Waals surface area (Å²) in [5.74, 6) is -0.433. The number of hydrogen-bond donors (Lipinski definition) is 2. The Kier molecular flexibility index (Phi) is 7.28. The molecule has 5 nitrogen and oxygen atoms in total. The summed E-state index contributed by atoms with van der Waals surface area (Å²) in [6.07, 6.45) is -1.98. The van der Waals surface area contributed by atoms with Gasteiger partial charge in [0.1, 0.15) is 18.2 Å². The first-order chi connectivity index (χ1) is 16.7. The number of benzene rings is 2. The minimum atomic E-state index is -4.53. The molecule has 0 bridgehead atoms. The lowest BCUT2D eigenvalue weighted by Crippen LogP contribution is -2.17. The van der Waals surface area contributed by atoms with Crippen LogP contribution in [0.4, 0.5) is 19.0 Å². The Labute approximate surface area is 202 Å². The molecule has 1 aliphatic rings. The Balaban J connectivity index is 1.42. The van der Waals surface area contributed by atoms with E-state index in [2.05, 4.69) is 10.3 Å². The van der Waals surface area contributed by atoms with Gasteiger partial charge >= 0.3 is 12.1 Å². The van der Waals surface area contributed by atoms with E-state index in [4.69, 9.17) is 9.84 Å². The van der Waals surface area contributed by atoms with E-state index in [9.17, 15) is 18.0 Å². The van der Waals surface area contributed by atoms with E-state index in [0.29, 0.717) is 11.4 Å². The van der Waals surface area contributed by atoms with Gasteiger partial charge in [-0.3, -0.25) is 4.79 Å². The monoisotopic (exact) mass is 484 g/mol. The van der Waals surface area contributed by atoms with Crippen LogP contribution in [0.3, 0.4) is 0 Å². The number of alkyl halides is 3. The van der Waals surface area contributed by atoms with Gasteiger partial charge in [0, 0.05) is 5.56 Å². The van der Waals surface area contributed by atoms with E-state index < -0.39 is 17.7 Å². The predicted molar refractivity (Wildman–Crippen MR) is 128 cm³/mol. The highest BCUT2D eigenvalue weighted by Gasteiger charge is 2.34. The number of ether oxygens (including phenoxy) is 1. The standard InChI is InChI=1S/C27H27F3N2O3/c1-2-17-3-5-18(6-4-17)24-12-11-23(27(28,29)30)26(32-24)31-13-14-35-21-9-10-22-19(15-21)7-8-20(22)16-25(33)34/h3-6,9-12,15,20H,2,7-8,13-14,16H2,1H3,(H,31,32)(H,33,34)/t20-/m0/s1. The highest BCUT2D eigenvalue weighted by molar-refractivity contribution is 5.68. The van der Waals surface area contributed by atoms with E-state index in [-0.39, 0.29) is 31.3 Å². The van der Waals surface area contributed by atoms with E-state index in [1.165, 1.54) is 6.07 Å². The smallest absolute Gasteiger partial charge is 0.419 e. The first kappa shape index (κ1) is 24.6. The van der Waals surface area contributed by atoms with Crippen molar-refractivity contribution in [3.05, 3.63) is 76.9 Å². The van der Waals surface area contributed by atoms with Crippen LogP contribution in [0, 0.1) is 0 Å². The molecule has 0 saturated carbocycles. The molecule has 4 rings (SSSR count). The van der Waals surface area contributed by atoms with Gasteiger partial charge in [-0.1, -0.05) is 37.3 Å². The Hall–Kier alpha value is -3.55. The van der Waals surface area contributed by atoms with Gasteiger partial charge < -0.3 is 15.2 Å². The maximum atomic E-state index is 13.5. The van der Waals surface area contributed by atoms with Crippen molar-refractivity contribution >= 4 is 11.8 Å². The Morgan fingerprint density at radius 2 is 1.91 bits per heavy atom. The molecule has 1 atom stereocenters. The molecule has 0 amide bonds. The van der Waals surface area contributed by atoms with Crippen molar-refractivity contribution in [1.29, 1.82) is 0 Å². The molecule has 0 unspecified atom stereocenters. The van der Waals surface area contributed by atoms with Gasteiger partial charge in [0.2, 0.25) is 0 Å². The Bertz CT molecular complexity index is 1190. The number of nitrogens with zero attached hydrogens (tertiary/aromatic N) is 1. The highest BCUT2D eigenvalue weighted by Crippen LogP contribution is 2.38. The molecule has 2 aromatic carbocycles. The number of aromatic nitrogens is 1.